The third kappa shape index (κ3) is 5.00. The number of hydrogen-bond donors (Lipinski definition) is 1. The molecule has 1 aliphatic rings. The predicted octanol–water partition coefficient (Wildman–Crippen LogP) is 2.57. The fraction of sp³-hybridized carbons (Fsp3) is 0.333. The zero-order valence-electron chi connectivity index (χ0n) is 15.8. The zero-order valence-corrected chi connectivity index (χ0v) is 15.8. The van der Waals surface area contributed by atoms with E-state index < -0.39 is 0 Å². The molecular formula is C21H25N3O3. The van der Waals surface area contributed by atoms with E-state index in [4.69, 9.17) is 4.74 Å². The maximum absolute atomic E-state index is 12.0. The van der Waals surface area contributed by atoms with E-state index in [2.05, 4.69) is 5.32 Å². The molecule has 142 valence electrons. The summed E-state index contributed by atoms with van der Waals surface area (Å²) in [6.07, 6.45) is 1.50. The highest BCUT2D eigenvalue weighted by atomic mass is 16.5. The van der Waals surface area contributed by atoms with Crippen molar-refractivity contribution >= 4 is 23.2 Å². The minimum Gasteiger partial charge on any atom is -0.484 e. The second-order valence-electron chi connectivity index (χ2n) is 6.77. The van der Waals surface area contributed by atoms with Gasteiger partial charge in [0.1, 0.15) is 5.75 Å². The number of nitrogens with one attached hydrogen (secondary N) is 1. The number of amides is 2. The molecule has 0 spiro atoms. The van der Waals surface area contributed by atoms with Gasteiger partial charge in [-0.05, 0) is 48.4 Å². The Labute approximate surface area is 159 Å². The molecule has 0 aromatic heterocycles. The van der Waals surface area contributed by atoms with Gasteiger partial charge in [-0.2, -0.15) is 0 Å². The SMILES string of the molecule is CN(C)c1cccc(CNC(=O)COc2ccc(N3CCCC3=O)cc2)c1. The molecule has 1 aliphatic heterocycles. The average Bonchev–Trinajstić information content (AvgIpc) is 3.11. The highest BCUT2D eigenvalue weighted by Gasteiger charge is 2.21. The molecule has 0 aliphatic carbocycles. The summed E-state index contributed by atoms with van der Waals surface area (Å²) >= 11 is 0. The van der Waals surface area contributed by atoms with Crippen molar-refractivity contribution in [3.05, 3.63) is 54.1 Å². The topological polar surface area (TPSA) is 61.9 Å². The summed E-state index contributed by atoms with van der Waals surface area (Å²) in [6, 6.07) is 15.3. The highest BCUT2D eigenvalue weighted by Crippen LogP contribution is 2.23. The van der Waals surface area contributed by atoms with Gasteiger partial charge in [0.2, 0.25) is 5.91 Å². The molecular weight excluding hydrogens is 342 g/mol. The number of benzene rings is 2. The Hall–Kier alpha value is -3.02. The van der Waals surface area contributed by atoms with Gasteiger partial charge in [0.25, 0.3) is 5.91 Å². The van der Waals surface area contributed by atoms with Gasteiger partial charge in [-0.25, -0.2) is 0 Å². The largest absolute Gasteiger partial charge is 0.484 e. The van der Waals surface area contributed by atoms with E-state index in [1.165, 1.54) is 0 Å². The predicted molar refractivity (Wildman–Crippen MR) is 106 cm³/mol. The fourth-order valence-electron chi connectivity index (χ4n) is 2.99. The first-order chi connectivity index (χ1) is 13.0. The van der Waals surface area contributed by atoms with Crippen molar-refractivity contribution in [3.63, 3.8) is 0 Å². The summed E-state index contributed by atoms with van der Waals surface area (Å²) in [6.45, 7) is 1.17. The Morgan fingerprint density at radius 1 is 1.19 bits per heavy atom. The standard InChI is InChI=1S/C21H25N3O3/c1-23(2)18-6-3-5-16(13-18)14-22-20(25)15-27-19-10-8-17(9-11-19)24-12-4-7-21(24)26/h3,5-6,8-11,13H,4,7,12,14-15H2,1-2H3,(H,22,25). The molecule has 0 radical (unpaired) electrons. The molecule has 1 heterocycles. The maximum Gasteiger partial charge on any atom is 0.258 e. The van der Waals surface area contributed by atoms with Crippen molar-refractivity contribution in [2.75, 3.05) is 37.0 Å². The summed E-state index contributed by atoms with van der Waals surface area (Å²) < 4.78 is 5.54. The quantitative estimate of drug-likeness (QED) is 0.817. The number of ether oxygens (including phenoxy) is 1. The molecule has 0 saturated carbocycles. The molecule has 3 rings (SSSR count). The third-order valence-electron chi connectivity index (χ3n) is 4.51. The molecule has 2 aromatic rings. The van der Waals surface area contributed by atoms with Crippen molar-refractivity contribution in [3.8, 4) is 5.75 Å². The lowest BCUT2D eigenvalue weighted by molar-refractivity contribution is -0.123. The smallest absolute Gasteiger partial charge is 0.258 e. The van der Waals surface area contributed by atoms with Gasteiger partial charge in [-0.1, -0.05) is 12.1 Å². The fourth-order valence-corrected chi connectivity index (χ4v) is 2.99. The van der Waals surface area contributed by atoms with Crippen LogP contribution >= 0.6 is 0 Å². The highest BCUT2D eigenvalue weighted by molar-refractivity contribution is 5.95. The summed E-state index contributed by atoms with van der Waals surface area (Å²) in [7, 11) is 3.97. The van der Waals surface area contributed by atoms with Crippen LogP contribution in [-0.4, -0.2) is 39.1 Å². The van der Waals surface area contributed by atoms with Gasteiger partial charge < -0.3 is 19.9 Å². The van der Waals surface area contributed by atoms with Gasteiger partial charge in [0, 0.05) is 45.0 Å². The molecule has 1 N–H and O–H groups in total. The van der Waals surface area contributed by atoms with Crippen LogP contribution in [-0.2, 0) is 16.1 Å². The molecule has 27 heavy (non-hydrogen) atoms. The van der Waals surface area contributed by atoms with Crippen molar-refractivity contribution < 1.29 is 14.3 Å². The molecule has 1 saturated heterocycles. The van der Waals surface area contributed by atoms with E-state index in [1.54, 1.807) is 17.0 Å². The van der Waals surface area contributed by atoms with E-state index >= 15 is 0 Å². The first-order valence-corrected chi connectivity index (χ1v) is 9.09. The number of nitrogens with zero attached hydrogens (tertiary/aromatic N) is 2. The minimum atomic E-state index is -0.177. The zero-order chi connectivity index (χ0) is 19.2. The molecule has 0 atom stereocenters. The van der Waals surface area contributed by atoms with Crippen LogP contribution in [0.1, 0.15) is 18.4 Å². The van der Waals surface area contributed by atoms with Gasteiger partial charge in [0.15, 0.2) is 6.61 Å². The number of anilines is 2. The van der Waals surface area contributed by atoms with Crippen LogP contribution in [0.2, 0.25) is 0 Å². The van der Waals surface area contributed by atoms with Crippen LogP contribution in [0, 0.1) is 0 Å². The lowest BCUT2D eigenvalue weighted by Gasteiger charge is -2.16. The van der Waals surface area contributed by atoms with E-state index in [1.807, 2.05) is 55.4 Å². The molecule has 0 bridgehead atoms. The maximum atomic E-state index is 12.0. The van der Waals surface area contributed by atoms with Crippen molar-refractivity contribution in [2.45, 2.75) is 19.4 Å². The lowest BCUT2D eigenvalue weighted by Crippen LogP contribution is -2.28. The Kier molecular flexibility index (Phi) is 5.96. The summed E-state index contributed by atoms with van der Waals surface area (Å²) in [5.74, 6) is 0.584. The first-order valence-electron chi connectivity index (χ1n) is 9.09. The van der Waals surface area contributed by atoms with Gasteiger partial charge >= 0.3 is 0 Å². The van der Waals surface area contributed by atoms with Crippen molar-refractivity contribution in [1.82, 2.24) is 5.32 Å². The number of hydrogen-bond acceptors (Lipinski definition) is 4. The van der Waals surface area contributed by atoms with Crippen LogP contribution < -0.4 is 19.9 Å². The van der Waals surface area contributed by atoms with Gasteiger partial charge in [0.05, 0.1) is 0 Å². The van der Waals surface area contributed by atoms with Gasteiger partial charge in [-0.15, -0.1) is 0 Å². The number of carbonyl (C=O) groups is 2. The van der Waals surface area contributed by atoms with Crippen LogP contribution in [0.5, 0.6) is 5.75 Å². The molecule has 2 amide bonds. The minimum absolute atomic E-state index is 0.0463. The summed E-state index contributed by atoms with van der Waals surface area (Å²) in [5.41, 5.74) is 3.00. The number of rotatable bonds is 7. The third-order valence-corrected chi connectivity index (χ3v) is 4.51. The average molecular weight is 367 g/mol. The molecule has 2 aromatic carbocycles. The van der Waals surface area contributed by atoms with E-state index in [0.29, 0.717) is 18.7 Å². The summed E-state index contributed by atoms with van der Waals surface area (Å²) in [5, 5.41) is 2.86. The second kappa shape index (κ2) is 8.58. The van der Waals surface area contributed by atoms with Gasteiger partial charge in [-0.3, -0.25) is 9.59 Å². The Bertz CT molecular complexity index is 803. The second-order valence-corrected chi connectivity index (χ2v) is 6.77. The van der Waals surface area contributed by atoms with Crippen LogP contribution in [0.15, 0.2) is 48.5 Å². The molecule has 1 fully saturated rings. The Morgan fingerprint density at radius 2 is 1.96 bits per heavy atom. The summed E-state index contributed by atoms with van der Waals surface area (Å²) in [4.78, 5) is 27.6. The first kappa shape index (κ1) is 18.8. The molecule has 6 heteroatoms. The Morgan fingerprint density at radius 3 is 2.63 bits per heavy atom. The molecule has 6 nitrogen and oxygen atoms in total. The number of carbonyl (C=O) groups excluding carboxylic acids is 2. The Balaban J connectivity index is 1.46. The van der Waals surface area contributed by atoms with E-state index in [9.17, 15) is 9.59 Å². The lowest BCUT2D eigenvalue weighted by atomic mass is 10.2. The van der Waals surface area contributed by atoms with Crippen LogP contribution in [0.25, 0.3) is 0 Å². The van der Waals surface area contributed by atoms with E-state index in [-0.39, 0.29) is 18.4 Å². The molecule has 0 unspecified atom stereocenters. The van der Waals surface area contributed by atoms with Crippen molar-refractivity contribution in [1.29, 1.82) is 0 Å². The van der Waals surface area contributed by atoms with Crippen LogP contribution in [0.4, 0.5) is 11.4 Å². The van der Waals surface area contributed by atoms with E-state index in [0.717, 1.165) is 29.9 Å². The van der Waals surface area contributed by atoms with Crippen LogP contribution in [0.3, 0.4) is 0 Å². The van der Waals surface area contributed by atoms with Crippen molar-refractivity contribution in [2.24, 2.45) is 0 Å². The monoisotopic (exact) mass is 367 g/mol. The normalized spacial score (nSPS) is 13.6.